The van der Waals surface area contributed by atoms with Gasteiger partial charge >= 0.3 is 0 Å². The molecular weight excluding hydrogens is 216 g/mol. The quantitative estimate of drug-likeness (QED) is 0.738. The lowest BCUT2D eigenvalue weighted by molar-refractivity contribution is -0.136. The van der Waals surface area contributed by atoms with Crippen molar-refractivity contribution >= 4 is 5.91 Å². The van der Waals surface area contributed by atoms with Crippen LogP contribution in [0.15, 0.2) is 0 Å². The molecule has 17 heavy (non-hydrogen) atoms. The van der Waals surface area contributed by atoms with Crippen LogP contribution in [-0.2, 0) is 9.53 Å². The Balaban J connectivity index is 2.36. The third-order valence-corrected chi connectivity index (χ3v) is 3.76. The third kappa shape index (κ3) is 4.28. The van der Waals surface area contributed by atoms with E-state index < -0.39 is 0 Å². The molecule has 1 saturated carbocycles. The van der Waals surface area contributed by atoms with Crippen molar-refractivity contribution in [2.75, 3.05) is 26.8 Å². The van der Waals surface area contributed by atoms with Crippen LogP contribution >= 0.6 is 0 Å². The summed E-state index contributed by atoms with van der Waals surface area (Å²) in [5.41, 5.74) is 6.03. The van der Waals surface area contributed by atoms with Crippen molar-refractivity contribution in [3.63, 3.8) is 0 Å². The summed E-state index contributed by atoms with van der Waals surface area (Å²) >= 11 is 0. The van der Waals surface area contributed by atoms with E-state index in [1.807, 2.05) is 14.0 Å². The molecule has 3 atom stereocenters. The Morgan fingerprint density at radius 2 is 2.18 bits per heavy atom. The second-order valence-electron chi connectivity index (χ2n) is 5.11. The van der Waals surface area contributed by atoms with Gasteiger partial charge in [0.2, 0.25) is 5.91 Å². The molecule has 1 fully saturated rings. The first-order valence-electron chi connectivity index (χ1n) is 6.64. The number of nitrogens with two attached hydrogens (primary N) is 1. The van der Waals surface area contributed by atoms with Crippen LogP contribution in [0.5, 0.6) is 0 Å². The predicted molar refractivity (Wildman–Crippen MR) is 68.6 cm³/mol. The molecule has 1 amide bonds. The Bertz CT molecular complexity index is 246. The lowest BCUT2D eigenvalue weighted by atomic mass is 9.79. The number of rotatable bonds is 5. The summed E-state index contributed by atoms with van der Waals surface area (Å²) in [6.45, 7) is 6.13. The van der Waals surface area contributed by atoms with Crippen LogP contribution in [0.3, 0.4) is 0 Å². The van der Waals surface area contributed by atoms with E-state index in [4.69, 9.17) is 10.5 Å². The molecule has 2 N–H and O–H groups in total. The van der Waals surface area contributed by atoms with Crippen molar-refractivity contribution in [3.05, 3.63) is 0 Å². The van der Waals surface area contributed by atoms with Gasteiger partial charge in [0.25, 0.3) is 0 Å². The van der Waals surface area contributed by atoms with E-state index in [9.17, 15) is 4.79 Å². The number of hydrogen-bond acceptors (Lipinski definition) is 3. The molecule has 0 aliphatic heterocycles. The maximum atomic E-state index is 12.2. The van der Waals surface area contributed by atoms with Gasteiger partial charge in [0.05, 0.1) is 6.61 Å². The highest BCUT2D eigenvalue weighted by atomic mass is 16.5. The fourth-order valence-electron chi connectivity index (χ4n) is 2.35. The van der Waals surface area contributed by atoms with Crippen LogP contribution in [0.2, 0.25) is 0 Å². The van der Waals surface area contributed by atoms with Gasteiger partial charge in [-0.05, 0) is 32.1 Å². The van der Waals surface area contributed by atoms with Crippen LogP contribution in [0.1, 0.15) is 33.1 Å². The zero-order valence-corrected chi connectivity index (χ0v) is 11.3. The minimum Gasteiger partial charge on any atom is -0.380 e. The van der Waals surface area contributed by atoms with Crippen LogP contribution in [0.4, 0.5) is 0 Å². The monoisotopic (exact) mass is 242 g/mol. The molecule has 1 aliphatic rings. The Kier molecular flexibility index (Phi) is 5.92. The fourth-order valence-corrected chi connectivity index (χ4v) is 2.35. The second-order valence-corrected chi connectivity index (χ2v) is 5.11. The number of carbonyl (C=O) groups is 1. The molecule has 0 bridgehead atoms. The first-order chi connectivity index (χ1) is 8.06. The first-order valence-corrected chi connectivity index (χ1v) is 6.64. The highest BCUT2D eigenvalue weighted by molar-refractivity contribution is 5.78. The van der Waals surface area contributed by atoms with Gasteiger partial charge in [-0.3, -0.25) is 4.79 Å². The van der Waals surface area contributed by atoms with Gasteiger partial charge in [0.1, 0.15) is 0 Å². The molecule has 0 aromatic carbocycles. The van der Waals surface area contributed by atoms with Gasteiger partial charge in [-0.2, -0.15) is 0 Å². The Hall–Kier alpha value is -0.610. The lowest BCUT2D eigenvalue weighted by Crippen LogP contribution is -2.42. The van der Waals surface area contributed by atoms with Gasteiger partial charge < -0.3 is 15.4 Å². The van der Waals surface area contributed by atoms with Crippen molar-refractivity contribution in [3.8, 4) is 0 Å². The zero-order valence-electron chi connectivity index (χ0n) is 11.3. The molecule has 0 saturated heterocycles. The third-order valence-electron chi connectivity index (χ3n) is 3.76. The molecule has 0 aromatic heterocycles. The van der Waals surface area contributed by atoms with Crippen LogP contribution in [0.25, 0.3) is 0 Å². The molecule has 0 heterocycles. The van der Waals surface area contributed by atoms with E-state index in [2.05, 4.69) is 6.92 Å². The minimum atomic E-state index is 0.118. The van der Waals surface area contributed by atoms with Crippen LogP contribution in [-0.4, -0.2) is 43.7 Å². The van der Waals surface area contributed by atoms with Gasteiger partial charge in [-0.25, -0.2) is 0 Å². The maximum absolute atomic E-state index is 12.2. The van der Waals surface area contributed by atoms with Crippen LogP contribution in [0, 0.1) is 11.8 Å². The van der Waals surface area contributed by atoms with Gasteiger partial charge in [-0.15, -0.1) is 0 Å². The number of nitrogens with zero attached hydrogens (tertiary/aromatic N) is 1. The van der Waals surface area contributed by atoms with E-state index in [0.29, 0.717) is 25.7 Å². The average Bonchev–Trinajstić information content (AvgIpc) is 2.32. The van der Waals surface area contributed by atoms with Gasteiger partial charge in [0, 0.05) is 32.2 Å². The molecular formula is C13H26N2O2. The smallest absolute Gasteiger partial charge is 0.225 e. The number of hydrogen-bond donors (Lipinski definition) is 1. The maximum Gasteiger partial charge on any atom is 0.225 e. The highest BCUT2D eigenvalue weighted by Crippen LogP contribution is 2.28. The van der Waals surface area contributed by atoms with E-state index in [-0.39, 0.29) is 17.9 Å². The van der Waals surface area contributed by atoms with Crippen molar-refractivity contribution in [2.24, 2.45) is 17.6 Å². The fraction of sp³-hybridized carbons (Fsp3) is 0.923. The standard InChI is InChI=1S/C13H26N2O2/c1-4-17-8-7-15(3)13(16)11-6-5-10(2)12(14)9-11/h10-12H,4-9,14H2,1-3H3. The van der Waals surface area contributed by atoms with Crippen molar-refractivity contribution in [1.82, 2.24) is 4.90 Å². The largest absolute Gasteiger partial charge is 0.380 e. The van der Waals surface area contributed by atoms with Crippen molar-refractivity contribution < 1.29 is 9.53 Å². The molecule has 100 valence electrons. The van der Waals surface area contributed by atoms with Crippen molar-refractivity contribution in [1.29, 1.82) is 0 Å². The Morgan fingerprint density at radius 3 is 2.76 bits per heavy atom. The summed E-state index contributed by atoms with van der Waals surface area (Å²) in [6, 6.07) is 0.179. The van der Waals surface area contributed by atoms with Crippen LogP contribution < -0.4 is 5.73 Å². The molecule has 1 aliphatic carbocycles. The molecule has 3 unspecified atom stereocenters. The topological polar surface area (TPSA) is 55.6 Å². The minimum absolute atomic E-state index is 0.118. The average molecular weight is 242 g/mol. The Labute approximate surface area is 104 Å². The highest BCUT2D eigenvalue weighted by Gasteiger charge is 2.30. The molecule has 4 heteroatoms. The molecule has 0 radical (unpaired) electrons. The van der Waals surface area contributed by atoms with E-state index in [1.54, 1.807) is 4.90 Å². The lowest BCUT2D eigenvalue weighted by Gasteiger charge is -2.33. The normalized spacial score (nSPS) is 29.1. The van der Waals surface area contributed by atoms with Crippen molar-refractivity contribution in [2.45, 2.75) is 39.2 Å². The summed E-state index contributed by atoms with van der Waals surface area (Å²) in [4.78, 5) is 13.9. The number of carbonyl (C=O) groups excluding carboxylic acids is 1. The summed E-state index contributed by atoms with van der Waals surface area (Å²) < 4.78 is 5.26. The molecule has 0 aromatic rings. The van der Waals surface area contributed by atoms with E-state index >= 15 is 0 Å². The summed E-state index contributed by atoms with van der Waals surface area (Å²) in [7, 11) is 1.85. The second kappa shape index (κ2) is 6.97. The number of amides is 1. The summed E-state index contributed by atoms with van der Waals surface area (Å²) in [6.07, 6.45) is 2.88. The predicted octanol–water partition coefficient (Wildman–Crippen LogP) is 1.24. The molecule has 0 spiro atoms. The Morgan fingerprint density at radius 1 is 1.47 bits per heavy atom. The summed E-state index contributed by atoms with van der Waals surface area (Å²) in [5.74, 6) is 0.896. The molecule has 4 nitrogen and oxygen atoms in total. The SMILES string of the molecule is CCOCCN(C)C(=O)C1CCC(C)C(N)C1. The number of ether oxygens (including phenoxy) is 1. The van der Waals surface area contributed by atoms with E-state index in [0.717, 1.165) is 19.3 Å². The van der Waals surface area contributed by atoms with Gasteiger partial charge in [-0.1, -0.05) is 6.92 Å². The number of likely N-dealkylation sites (N-methyl/N-ethyl adjacent to an activating group) is 1. The summed E-state index contributed by atoms with van der Waals surface area (Å²) in [5, 5.41) is 0. The first kappa shape index (κ1) is 14.5. The molecule has 1 rings (SSSR count). The van der Waals surface area contributed by atoms with E-state index in [1.165, 1.54) is 0 Å². The van der Waals surface area contributed by atoms with Gasteiger partial charge in [0.15, 0.2) is 0 Å². The zero-order chi connectivity index (χ0) is 12.8.